The Hall–Kier alpha value is -3.07. The molecule has 3 rings (SSSR count). The number of sulfonamides is 1. The van der Waals surface area contributed by atoms with Gasteiger partial charge in [0.2, 0.25) is 10.0 Å². The predicted octanol–water partition coefficient (Wildman–Crippen LogP) is 2.18. The first-order chi connectivity index (χ1) is 13.7. The molecule has 1 heterocycles. The van der Waals surface area contributed by atoms with Gasteiger partial charge in [0.1, 0.15) is 0 Å². The molecule has 0 radical (unpaired) electrons. The van der Waals surface area contributed by atoms with E-state index in [2.05, 4.69) is 10.6 Å². The first-order valence-corrected chi connectivity index (χ1v) is 10.8. The summed E-state index contributed by atoms with van der Waals surface area (Å²) >= 11 is 0. The number of carbonyl (C=O) groups is 2. The maximum absolute atomic E-state index is 12.3. The Morgan fingerprint density at radius 1 is 1.00 bits per heavy atom. The number of nitrogens with one attached hydrogen (secondary N) is 2. The highest BCUT2D eigenvalue weighted by Gasteiger charge is 2.29. The number of hydrogen-bond donors (Lipinski definition) is 2. The number of carbonyl (C=O) groups excluding carboxylic acids is 2. The van der Waals surface area contributed by atoms with Crippen LogP contribution in [0.2, 0.25) is 0 Å². The number of amides is 2. The lowest BCUT2D eigenvalue weighted by Crippen LogP contribution is -2.29. The monoisotopic (exact) mass is 416 g/mol. The molecule has 0 saturated carbocycles. The molecule has 1 saturated heterocycles. The molecule has 2 N–H and O–H groups in total. The van der Waals surface area contributed by atoms with Crippen LogP contribution in [0.4, 0.5) is 22.7 Å². The number of hydrogen-bond acceptors (Lipinski definition) is 5. The van der Waals surface area contributed by atoms with Crippen molar-refractivity contribution in [3.05, 3.63) is 48.0 Å². The second-order valence-corrected chi connectivity index (χ2v) is 9.10. The van der Waals surface area contributed by atoms with E-state index in [1.165, 1.54) is 4.31 Å². The topological polar surface area (TPSA) is 98.8 Å². The largest absolute Gasteiger partial charge is 0.378 e. The SMILES string of the molecule is Cc1ccc(N2CCCS2(=O)=O)cc1NC(=O)C(=O)Nc1ccc(N(C)C)cc1. The van der Waals surface area contributed by atoms with Gasteiger partial charge in [0, 0.05) is 37.7 Å². The molecule has 1 fully saturated rings. The first-order valence-electron chi connectivity index (χ1n) is 9.18. The van der Waals surface area contributed by atoms with E-state index in [0.29, 0.717) is 30.0 Å². The zero-order valence-electron chi connectivity index (χ0n) is 16.6. The van der Waals surface area contributed by atoms with Crippen molar-refractivity contribution in [2.24, 2.45) is 0 Å². The van der Waals surface area contributed by atoms with Crippen LogP contribution in [0.5, 0.6) is 0 Å². The molecule has 2 aromatic rings. The van der Waals surface area contributed by atoms with Crippen LogP contribution in [0.15, 0.2) is 42.5 Å². The molecular weight excluding hydrogens is 392 g/mol. The molecule has 29 heavy (non-hydrogen) atoms. The normalized spacial score (nSPS) is 15.1. The molecule has 0 atom stereocenters. The Bertz CT molecular complexity index is 1030. The van der Waals surface area contributed by atoms with Crippen LogP contribution < -0.4 is 19.8 Å². The van der Waals surface area contributed by atoms with E-state index in [0.717, 1.165) is 11.3 Å². The third-order valence-electron chi connectivity index (χ3n) is 4.70. The first kappa shape index (κ1) is 20.7. The fourth-order valence-corrected chi connectivity index (χ4v) is 4.60. The zero-order valence-corrected chi connectivity index (χ0v) is 17.4. The number of benzene rings is 2. The molecule has 1 aliphatic rings. The van der Waals surface area contributed by atoms with Crippen molar-refractivity contribution in [3.8, 4) is 0 Å². The molecular formula is C20H24N4O4S. The maximum atomic E-state index is 12.3. The summed E-state index contributed by atoms with van der Waals surface area (Å²) < 4.78 is 25.6. The number of nitrogens with zero attached hydrogens (tertiary/aromatic N) is 2. The van der Waals surface area contributed by atoms with Gasteiger partial charge in [0.25, 0.3) is 0 Å². The molecule has 1 aliphatic heterocycles. The van der Waals surface area contributed by atoms with Gasteiger partial charge >= 0.3 is 11.8 Å². The molecule has 9 heteroatoms. The Balaban J connectivity index is 1.71. The molecule has 0 spiro atoms. The van der Waals surface area contributed by atoms with Crippen molar-refractivity contribution >= 4 is 44.6 Å². The Morgan fingerprint density at radius 3 is 2.24 bits per heavy atom. The molecule has 0 bridgehead atoms. The summed E-state index contributed by atoms with van der Waals surface area (Å²) in [5.74, 6) is -1.52. The fourth-order valence-electron chi connectivity index (χ4n) is 3.04. The summed E-state index contributed by atoms with van der Waals surface area (Å²) in [6.45, 7) is 2.18. The van der Waals surface area contributed by atoms with Crippen molar-refractivity contribution in [3.63, 3.8) is 0 Å². The van der Waals surface area contributed by atoms with Crippen LogP contribution in [0.3, 0.4) is 0 Å². The molecule has 2 amide bonds. The van der Waals surface area contributed by atoms with Gasteiger partial charge < -0.3 is 15.5 Å². The van der Waals surface area contributed by atoms with Crippen molar-refractivity contribution in [2.45, 2.75) is 13.3 Å². The van der Waals surface area contributed by atoms with Gasteiger partial charge in [-0.2, -0.15) is 0 Å². The van der Waals surface area contributed by atoms with Crippen LogP contribution in [0.25, 0.3) is 0 Å². The average Bonchev–Trinajstić information content (AvgIpc) is 3.03. The lowest BCUT2D eigenvalue weighted by atomic mass is 10.1. The van der Waals surface area contributed by atoms with Crippen LogP contribution in [-0.4, -0.2) is 46.6 Å². The third-order valence-corrected chi connectivity index (χ3v) is 6.57. The van der Waals surface area contributed by atoms with Gasteiger partial charge in [-0.3, -0.25) is 13.9 Å². The van der Waals surface area contributed by atoms with Crippen LogP contribution >= 0.6 is 0 Å². The fraction of sp³-hybridized carbons (Fsp3) is 0.300. The lowest BCUT2D eigenvalue weighted by Gasteiger charge is -2.19. The van der Waals surface area contributed by atoms with Crippen LogP contribution in [0, 0.1) is 6.92 Å². The van der Waals surface area contributed by atoms with Gasteiger partial charge in [0.15, 0.2) is 0 Å². The van der Waals surface area contributed by atoms with Crippen LogP contribution in [-0.2, 0) is 19.6 Å². The van der Waals surface area contributed by atoms with E-state index in [1.54, 1.807) is 37.3 Å². The van der Waals surface area contributed by atoms with Crippen molar-refractivity contribution in [1.29, 1.82) is 0 Å². The highest BCUT2D eigenvalue weighted by Crippen LogP contribution is 2.28. The number of rotatable bonds is 4. The van der Waals surface area contributed by atoms with E-state index in [9.17, 15) is 18.0 Å². The predicted molar refractivity (Wildman–Crippen MR) is 115 cm³/mol. The van der Waals surface area contributed by atoms with Crippen molar-refractivity contribution in [1.82, 2.24) is 0 Å². The quantitative estimate of drug-likeness (QED) is 0.745. The summed E-state index contributed by atoms with van der Waals surface area (Å²) in [7, 11) is 0.488. The standard InChI is InChI=1S/C20H24N4O4S/c1-14-5-8-17(24-11-4-12-29(24,27)28)13-18(14)22-20(26)19(25)21-15-6-9-16(10-7-15)23(2)3/h5-10,13H,4,11-12H2,1-3H3,(H,21,25)(H,22,26). The molecule has 154 valence electrons. The smallest absolute Gasteiger partial charge is 0.314 e. The summed E-state index contributed by atoms with van der Waals surface area (Å²) in [4.78, 5) is 26.5. The highest BCUT2D eigenvalue weighted by atomic mass is 32.2. The minimum Gasteiger partial charge on any atom is -0.378 e. The second-order valence-electron chi connectivity index (χ2n) is 7.09. The van der Waals surface area contributed by atoms with Gasteiger partial charge in [-0.05, 0) is 55.3 Å². The Morgan fingerprint density at radius 2 is 1.66 bits per heavy atom. The Kier molecular flexibility index (Phi) is 5.78. The number of aryl methyl sites for hydroxylation is 1. The highest BCUT2D eigenvalue weighted by molar-refractivity contribution is 7.93. The molecule has 8 nitrogen and oxygen atoms in total. The van der Waals surface area contributed by atoms with Crippen molar-refractivity contribution in [2.75, 3.05) is 46.2 Å². The molecule has 0 aromatic heterocycles. The minimum absolute atomic E-state index is 0.109. The van der Waals surface area contributed by atoms with Crippen LogP contribution in [0.1, 0.15) is 12.0 Å². The summed E-state index contributed by atoms with van der Waals surface area (Å²) in [5, 5.41) is 5.12. The minimum atomic E-state index is -3.33. The average molecular weight is 417 g/mol. The van der Waals surface area contributed by atoms with E-state index in [4.69, 9.17) is 0 Å². The maximum Gasteiger partial charge on any atom is 0.314 e. The number of anilines is 4. The molecule has 0 aliphatic carbocycles. The zero-order chi connectivity index (χ0) is 21.2. The van der Waals surface area contributed by atoms with Gasteiger partial charge in [-0.15, -0.1) is 0 Å². The summed E-state index contributed by atoms with van der Waals surface area (Å²) in [6, 6.07) is 12.1. The summed E-state index contributed by atoms with van der Waals surface area (Å²) in [5.41, 5.74) is 3.07. The van der Waals surface area contributed by atoms with E-state index < -0.39 is 21.8 Å². The van der Waals surface area contributed by atoms with Gasteiger partial charge in [0.05, 0.1) is 11.4 Å². The van der Waals surface area contributed by atoms with Gasteiger partial charge in [-0.25, -0.2) is 8.42 Å². The third kappa shape index (κ3) is 4.68. The lowest BCUT2D eigenvalue weighted by molar-refractivity contribution is -0.133. The van der Waals surface area contributed by atoms with E-state index in [1.807, 2.05) is 31.1 Å². The van der Waals surface area contributed by atoms with Crippen molar-refractivity contribution < 1.29 is 18.0 Å². The van der Waals surface area contributed by atoms with E-state index >= 15 is 0 Å². The summed E-state index contributed by atoms with van der Waals surface area (Å²) in [6.07, 6.45) is 0.562. The van der Waals surface area contributed by atoms with Gasteiger partial charge in [-0.1, -0.05) is 6.07 Å². The molecule has 0 unspecified atom stereocenters. The second kappa shape index (κ2) is 8.12. The van der Waals surface area contributed by atoms with E-state index in [-0.39, 0.29) is 5.75 Å². The Labute approximate surface area is 170 Å². The molecule has 2 aromatic carbocycles.